The van der Waals surface area contributed by atoms with Crippen LogP contribution in [0.15, 0.2) is 24.3 Å². The first kappa shape index (κ1) is 31.0. The van der Waals surface area contributed by atoms with Gasteiger partial charge in [-0.05, 0) is 26.0 Å². The van der Waals surface area contributed by atoms with Crippen LogP contribution in [0.25, 0.3) is 0 Å². The van der Waals surface area contributed by atoms with Crippen molar-refractivity contribution >= 4 is 17.9 Å². The molecule has 2 aromatic rings. The fourth-order valence-corrected chi connectivity index (χ4v) is 2.42. The Morgan fingerprint density at radius 2 is 1.15 bits per heavy atom. The molecule has 185 valence electrons. The summed E-state index contributed by atoms with van der Waals surface area (Å²) in [5.41, 5.74) is -0.993. The molecule has 0 saturated carbocycles. The van der Waals surface area contributed by atoms with Gasteiger partial charge in [0.15, 0.2) is 29.2 Å². The summed E-state index contributed by atoms with van der Waals surface area (Å²) in [5, 5.41) is 8.27. The van der Waals surface area contributed by atoms with Crippen molar-refractivity contribution in [3.05, 3.63) is 70.3 Å². The fourth-order valence-electron chi connectivity index (χ4n) is 2.42. The third-order valence-electron chi connectivity index (χ3n) is 3.83. The molecule has 13 heteroatoms. The molecule has 0 aliphatic carbocycles. The van der Waals surface area contributed by atoms with Crippen LogP contribution in [0, 0.1) is 34.9 Å². The molecule has 0 saturated heterocycles. The maximum absolute atomic E-state index is 13.7. The summed E-state index contributed by atoms with van der Waals surface area (Å²) in [6.07, 6.45) is -0.664. The largest absolute Gasteiger partial charge is 0.481 e. The first-order valence-electron chi connectivity index (χ1n) is 9.25. The first-order valence-corrected chi connectivity index (χ1v) is 9.25. The minimum atomic E-state index is -1.79. The van der Waals surface area contributed by atoms with E-state index in [1.807, 2.05) is 0 Å². The third-order valence-corrected chi connectivity index (χ3v) is 3.83. The number of carbonyl (C=O) groups excluding carboxylic acids is 2. The Balaban J connectivity index is 0.000000676. The zero-order valence-electron chi connectivity index (χ0n) is 17.7. The predicted molar refractivity (Wildman–Crippen MR) is 100.0 cm³/mol. The molecule has 0 unspecified atom stereocenters. The van der Waals surface area contributed by atoms with Crippen molar-refractivity contribution in [2.45, 2.75) is 26.2 Å². The Labute approximate surface area is 201 Å². The second-order valence-corrected chi connectivity index (χ2v) is 6.15. The number of carbonyl (C=O) groups is 3. The van der Waals surface area contributed by atoms with Crippen molar-refractivity contribution in [2.24, 2.45) is 0 Å². The second-order valence-electron chi connectivity index (χ2n) is 6.15. The summed E-state index contributed by atoms with van der Waals surface area (Å²) >= 11 is 0. The minimum absolute atomic E-state index is 0. The number of carboxylic acid groups (broad SMARTS) is 1. The van der Waals surface area contributed by atoms with Gasteiger partial charge in [-0.3, -0.25) is 14.4 Å². The van der Waals surface area contributed by atoms with E-state index in [0.717, 1.165) is 0 Å². The van der Waals surface area contributed by atoms with Crippen molar-refractivity contribution < 1.29 is 73.9 Å². The molecule has 2 rings (SSSR count). The van der Waals surface area contributed by atoms with E-state index in [0.29, 0.717) is 18.2 Å². The van der Waals surface area contributed by atoms with Crippen molar-refractivity contribution in [3.8, 4) is 0 Å². The number of carboxylic acids is 1. The number of aliphatic carboxylic acids is 1. The van der Waals surface area contributed by atoms with Gasteiger partial charge in [0.1, 0.15) is 11.6 Å². The summed E-state index contributed by atoms with van der Waals surface area (Å²) in [7, 11) is 0. The fraction of sp³-hybridized carbons (Fsp3) is 0.286. The van der Waals surface area contributed by atoms with Crippen LogP contribution < -0.4 is 0 Å². The van der Waals surface area contributed by atoms with Crippen LogP contribution in [0.2, 0.25) is 0 Å². The SMILES string of the molecule is CCOC(=O)C(C(=O)OCC)c1cc(F)c(F)cc1F.O=C(O)Cc1cc(F)c(F)cc1F.[V]. The van der Waals surface area contributed by atoms with E-state index in [2.05, 4.69) is 9.47 Å². The van der Waals surface area contributed by atoms with Gasteiger partial charge in [-0.2, -0.15) is 0 Å². The number of esters is 2. The topological polar surface area (TPSA) is 89.9 Å². The Kier molecular flexibility index (Phi) is 13.1. The van der Waals surface area contributed by atoms with Crippen LogP contribution in [0.5, 0.6) is 0 Å². The molecular formula is C21H18F6O6V. The number of ether oxygens (including phenoxy) is 2. The number of halogens is 6. The van der Waals surface area contributed by atoms with Crippen LogP contribution in [0.4, 0.5) is 26.3 Å². The van der Waals surface area contributed by atoms with Crippen molar-refractivity contribution in [1.29, 1.82) is 0 Å². The zero-order chi connectivity index (χ0) is 25.3. The number of hydrogen-bond donors (Lipinski definition) is 1. The number of rotatable bonds is 7. The van der Waals surface area contributed by atoms with Crippen LogP contribution in [-0.4, -0.2) is 36.2 Å². The van der Waals surface area contributed by atoms with Gasteiger partial charge in [0.05, 0.1) is 19.6 Å². The average molecular weight is 531 g/mol. The average Bonchev–Trinajstić information content (AvgIpc) is 2.71. The summed E-state index contributed by atoms with van der Waals surface area (Å²) in [4.78, 5) is 33.5. The van der Waals surface area contributed by atoms with Gasteiger partial charge in [0.2, 0.25) is 0 Å². The van der Waals surface area contributed by atoms with Gasteiger partial charge in [0, 0.05) is 41.8 Å². The van der Waals surface area contributed by atoms with Gasteiger partial charge in [0.25, 0.3) is 0 Å². The number of benzene rings is 2. The summed E-state index contributed by atoms with van der Waals surface area (Å²) in [6.45, 7) is 2.86. The molecular weight excluding hydrogens is 513 g/mol. The van der Waals surface area contributed by atoms with Crippen molar-refractivity contribution in [1.82, 2.24) is 0 Å². The van der Waals surface area contributed by atoms with Gasteiger partial charge in [-0.25, -0.2) is 26.3 Å². The molecule has 0 heterocycles. The molecule has 1 radical (unpaired) electrons. The molecule has 0 spiro atoms. The van der Waals surface area contributed by atoms with E-state index in [1.54, 1.807) is 0 Å². The molecule has 2 aromatic carbocycles. The van der Waals surface area contributed by atoms with Gasteiger partial charge >= 0.3 is 17.9 Å². The summed E-state index contributed by atoms with van der Waals surface area (Å²) in [6, 6.07) is 1.58. The molecule has 0 aliphatic rings. The van der Waals surface area contributed by atoms with E-state index < -0.39 is 70.7 Å². The third kappa shape index (κ3) is 8.75. The molecule has 34 heavy (non-hydrogen) atoms. The van der Waals surface area contributed by atoms with E-state index in [4.69, 9.17) is 5.11 Å². The normalized spacial score (nSPS) is 10.0. The van der Waals surface area contributed by atoms with Crippen LogP contribution >= 0.6 is 0 Å². The van der Waals surface area contributed by atoms with Gasteiger partial charge in [-0.15, -0.1) is 0 Å². The van der Waals surface area contributed by atoms with Crippen LogP contribution in [0.1, 0.15) is 30.9 Å². The van der Waals surface area contributed by atoms with E-state index in [1.165, 1.54) is 13.8 Å². The second kappa shape index (κ2) is 14.3. The van der Waals surface area contributed by atoms with Crippen molar-refractivity contribution in [3.63, 3.8) is 0 Å². The Morgan fingerprint density at radius 1 is 0.735 bits per heavy atom. The van der Waals surface area contributed by atoms with E-state index >= 15 is 0 Å². The monoisotopic (exact) mass is 531 g/mol. The summed E-state index contributed by atoms with van der Waals surface area (Å²) in [5.74, 6) is -12.9. The Morgan fingerprint density at radius 3 is 1.59 bits per heavy atom. The van der Waals surface area contributed by atoms with Crippen molar-refractivity contribution in [2.75, 3.05) is 13.2 Å². The van der Waals surface area contributed by atoms with E-state index in [-0.39, 0.29) is 43.4 Å². The molecule has 0 aromatic heterocycles. The Bertz CT molecular complexity index is 1020. The van der Waals surface area contributed by atoms with Gasteiger partial charge < -0.3 is 14.6 Å². The van der Waals surface area contributed by atoms with Gasteiger partial charge in [-0.1, -0.05) is 0 Å². The quantitative estimate of drug-likeness (QED) is 0.251. The molecule has 0 amide bonds. The number of hydrogen-bond acceptors (Lipinski definition) is 5. The first-order chi connectivity index (χ1) is 15.4. The minimum Gasteiger partial charge on any atom is -0.481 e. The summed E-state index contributed by atoms with van der Waals surface area (Å²) < 4.78 is 86.5. The molecule has 1 N–H and O–H groups in total. The smallest absolute Gasteiger partial charge is 0.325 e. The molecule has 0 atom stereocenters. The standard InChI is InChI=1S/C13H13F3O4.C8H5F3O2.V/c1-3-19-12(17)11(13(18)20-4-2)7-5-9(15)10(16)6-8(7)14;9-5-3-7(11)6(10)1-4(5)2-8(12)13;/h5-6,11H,3-4H2,1-2H3;1,3H,2H2,(H,12,13);. The molecule has 6 nitrogen and oxygen atoms in total. The maximum atomic E-state index is 13.7. The van der Waals surface area contributed by atoms with Crippen LogP contribution in [0.3, 0.4) is 0 Å². The molecule has 0 fully saturated rings. The van der Waals surface area contributed by atoms with Crippen LogP contribution in [-0.2, 0) is 48.8 Å². The zero-order valence-corrected chi connectivity index (χ0v) is 19.1. The molecule has 0 bridgehead atoms. The van der Waals surface area contributed by atoms with E-state index in [9.17, 15) is 40.7 Å². The molecule has 0 aliphatic heterocycles. The Hall–Kier alpha value is -2.99. The predicted octanol–water partition coefficient (Wildman–Crippen LogP) is 4.04. The maximum Gasteiger partial charge on any atom is 0.325 e.